The molecule has 44 heavy (non-hydrogen) atoms. The minimum Gasteiger partial charge on any atom is -0.481 e. The quantitative estimate of drug-likeness (QED) is 0.457. The van der Waals surface area contributed by atoms with Crippen molar-refractivity contribution < 1.29 is 37.3 Å². The summed E-state index contributed by atoms with van der Waals surface area (Å²) in [6, 6.07) is 4.07. The number of esters is 1. The Bertz CT molecular complexity index is 1580. The summed E-state index contributed by atoms with van der Waals surface area (Å²) in [5, 5.41) is 15.8. The average molecular weight is 630 g/mol. The molecule has 8 nitrogen and oxygen atoms in total. The number of benzene rings is 1. The van der Waals surface area contributed by atoms with Crippen LogP contribution < -0.4 is 0 Å². The first-order valence-corrected chi connectivity index (χ1v) is 16.0. The first-order valence-electron chi connectivity index (χ1n) is 15.0. The van der Waals surface area contributed by atoms with Crippen LogP contribution in [-0.2, 0) is 25.5 Å². The van der Waals surface area contributed by atoms with Crippen molar-refractivity contribution in [3.05, 3.63) is 53.1 Å². The first-order chi connectivity index (χ1) is 21.0. The van der Waals surface area contributed by atoms with Crippen LogP contribution in [0, 0.1) is 28.5 Å². The van der Waals surface area contributed by atoms with Crippen LogP contribution in [0.1, 0.15) is 57.2 Å². The first kappa shape index (κ1) is 29.6. The van der Waals surface area contributed by atoms with E-state index in [1.54, 1.807) is 29.9 Å². The summed E-state index contributed by atoms with van der Waals surface area (Å²) in [7, 11) is 0. The Labute approximate surface area is 257 Å². The van der Waals surface area contributed by atoms with Crippen molar-refractivity contribution in [1.82, 2.24) is 9.78 Å². The molecule has 3 saturated carbocycles. The predicted molar refractivity (Wildman–Crippen MR) is 157 cm³/mol. The van der Waals surface area contributed by atoms with Gasteiger partial charge in [-0.15, -0.1) is 0 Å². The van der Waals surface area contributed by atoms with Gasteiger partial charge in [-0.1, -0.05) is 19.4 Å². The highest BCUT2D eigenvalue weighted by molar-refractivity contribution is 8.13. The van der Waals surface area contributed by atoms with E-state index in [9.17, 15) is 23.5 Å². The van der Waals surface area contributed by atoms with Gasteiger partial charge in [-0.3, -0.25) is 4.79 Å². The van der Waals surface area contributed by atoms with Gasteiger partial charge in [-0.05, 0) is 92.1 Å². The van der Waals surface area contributed by atoms with Crippen LogP contribution in [0.4, 0.5) is 13.2 Å². The number of aromatic nitrogens is 2. The summed E-state index contributed by atoms with van der Waals surface area (Å²) in [5.74, 6) is -2.14. The Morgan fingerprint density at radius 3 is 2.68 bits per heavy atom. The zero-order chi connectivity index (χ0) is 31.1. The van der Waals surface area contributed by atoms with Crippen molar-refractivity contribution in [1.29, 1.82) is 0 Å². The molecule has 1 aliphatic heterocycles. The molecule has 1 unspecified atom stereocenters. The topological polar surface area (TPSA) is 103 Å². The Morgan fingerprint density at radius 2 is 1.98 bits per heavy atom. The lowest BCUT2D eigenvalue weighted by Crippen LogP contribution is -2.70. The van der Waals surface area contributed by atoms with Crippen LogP contribution in [-0.4, -0.2) is 68.4 Å². The van der Waals surface area contributed by atoms with Gasteiger partial charge in [0.2, 0.25) is 5.12 Å². The number of fused-ring (bicyclic) bond motifs is 6. The standard InChI is InChI=1S/C32H34F3N3O5S/c1-29-12-18-14-37-38(21-6-4-20(34)5-7-21)25(18)11-19(29)3-8-23-22-9-10-31(28(41)44-16-33,43-27(40)24-15-42-17-36-24)30(22,2)13-26(39)32(23,29)35/h4-7,11,14,17,22-24,26,39H,3,8-10,12-13,15-16H2,1-2H3/t22-,23-,24?,26-,29-,30-,31-,32-/m0/s1. The number of alkyl halides is 2. The van der Waals surface area contributed by atoms with Gasteiger partial charge in [0, 0.05) is 16.7 Å². The van der Waals surface area contributed by atoms with Crippen molar-refractivity contribution in [2.75, 3.05) is 12.6 Å². The number of carbonyl (C=O) groups excluding carboxylic acids is 2. The van der Waals surface area contributed by atoms with E-state index in [1.807, 2.05) is 13.0 Å². The second-order valence-electron chi connectivity index (χ2n) is 13.2. The van der Waals surface area contributed by atoms with E-state index in [1.165, 1.54) is 12.1 Å². The number of ether oxygens (including phenoxy) is 2. The molecule has 4 aliphatic carbocycles. The number of nitrogens with zero attached hydrogens (tertiary/aromatic N) is 3. The summed E-state index contributed by atoms with van der Waals surface area (Å²) >= 11 is 0.440. The molecule has 1 N–H and O–H groups in total. The van der Waals surface area contributed by atoms with Crippen molar-refractivity contribution in [3.8, 4) is 5.69 Å². The van der Waals surface area contributed by atoms with Crippen molar-refractivity contribution in [2.45, 2.75) is 75.8 Å². The van der Waals surface area contributed by atoms with Crippen molar-refractivity contribution in [3.63, 3.8) is 0 Å². The van der Waals surface area contributed by atoms with Crippen molar-refractivity contribution in [2.24, 2.45) is 27.7 Å². The molecule has 1 aromatic heterocycles. The Balaban J connectivity index is 1.25. The van der Waals surface area contributed by atoms with Gasteiger partial charge in [-0.2, -0.15) is 5.10 Å². The summed E-state index contributed by atoms with van der Waals surface area (Å²) in [6.07, 6.45) is 4.98. The van der Waals surface area contributed by atoms with Gasteiger partial charge in [0.15, 0.2) is 18.0 Å². The molecule has 0 bridgehead atoms. The van der Waals surface area contributed by atoms with Crippen LogP contribution in [0.15, 0.2) is 41.0 Å². The van der Waals surface area contributed by atoms with Gasteiger partial charge in [0.05, 0.1) is 23.7 Å². The lowest BCUT2D eigenvalue weighted by molar-refractivity contribution is -0.229. The van der Waals surface area contributed by atoms with E-state index in [2.05, 4.69) is 10.1 Å². The number of carbonyl (C=O) groups is 2. The Morgan fingerprint density at radius 1 is 1.20 bits per heavy atom. The summed E-state index contributed by atoms with van der Waals surface area (Å²) in [5.41, 5.74) is -2.79. The van der Waals surface area contributed by atoms with Crippen LogP contribution in [0.2, 0.25) is 0 Å². The Hall–Kier alpha value is -3.12. The summed E-state index contributed by atoms with van der Waals surface area (Å²) < 4.78 is 58.0. The van der Waals surface area contributed by atoms with Gasteiger partial charge in [-0.25, -0.2) is 27.6 Å². The molecule has 2 aromatic rings. The molecule has 5 aliphatic rings. The molecule has 2 heterocycles. The second-order valence-corrected chi connectivity index (χ2v) is 14.1. The normalized spacial score (nSPS) is 38.5. The number of halogens is 3. The second kappa shape index (κ2) is 10.2. The van der Waals surface area contributed by atoms with Gasteiger partial charge in [0.1, 0.15) is 24.1 Å². The van der Waals surface area contributed by atoms with Crippen LogP contribution in [0.5, 0.6) is 0 Å². The van der Waals surface area contributed by atoms with E-state index >= 15 is 4.39 Å². The molecular formula is C32H34F3N3O5S. The highest BCUT2D eigenvalue weighted by atomic mass is 32.2. The van der Waals surface area contributed by atoms with E-state index in [0.29, 0.717) is 43.1 Å². The third-order valence-electron chi connectivity index (χ3n) is 11.4. The number of aliphatic hydroxyl groups is 1. The number of hydrogen-bond donors (Lipinski definition) is 1. The number of aliphatic hydroxyl groups excluding tert-OH is 1. The van der Waals surface area contributed by atoms with Crippen LogP contribution >= 0.6 is 11.8 Å². The molecule has 7 rings (SSSR count). The van der Waals surface area contributed by atoms with Gasteiger partial charge in [0.25, 0.3) is 0 Å². The fourth-order valence-electron chi connectivity index (χ4n) is 9.20. The lowest BCUT2D eigenvalue weighted by atomic mass is 9.44. The fraction of sp³-hybridized carbons (Fsp3) is 0.562. The average Bonchev–Trinajstić information content (AvgIpc) is 3.73. The van der Waals surface area contributed by atoms with E-state index in [-0.39, 0.29) is 25.3 Å². The SMILES string of the molecule is C[C@]12Cc3cnn(-c4ccc(F)cc4)c3C=C1CC[C@H]1[C@@H]3CC[C@](OC(=O)C4COC=N4)(C(=O)SCF)[C@@]3(C)C[C@H](O)[C@@]12F. The predicted octanol–water partition coefficient (Wildman–Crippen LogP) is 5.15. The summed E-state index contributed by atoms with van der Waals surface area (Å²) in [6.45, 7) is 3.62. The molecule has 0 amide bonds. The maximum Gasteiger partial charge on any atom is 0.335 e. The number of thioether (sulfide) groups is 1. The van der Waals surface area contributed by atoms with Crippen molar-refractivity contribution >= 4 is 35.3 Å². The maximum absolute atomic E-state index is 18.1. The van der Waals surface area contributed by atoms with Gasteiger partial charge < -0.3 is 14.6 Å². The molecule has 1 aromatic carbocycles. The smallest absolute Gasteiger partial charge is 0.335 e. The van der Waals surface area contributed by atoms with E-state index in [0.717, 1.165) is 23.2 Å². The third-order valence-corrected chi connectivity index (χ3v) is 12.1. The molecular weight excluding hydrogens is 595 g/mol. The van der Waals surface area contributed by atoms with Gasteiger partial charge >= 0.3 is 5.97 Å². The van der Waals surface area contributed by atoms with E-state index < -0.39 is 63.2 Å². The summed E-state index contributed by atoms with van der Waals surface area (Å²) in [4.78, 5) is 30.8. The molecule has 0 spiro atoms. The van der Waals surface area contributed by atoms with Crippen LogP contribution in [0.3, 0.4) is 0 Å². The monoisotopic (exact) mass is 629 g/mol. The minimum absolute atomic E-state index is 0.0223. The lowest BCUT2D eigenvalue weighted by Gasteiger charge is -2.63. The number of aliphatic imine (C=N–C) groups is 1. The number of hydrogen-bond acceptors (Lipinski definition) is 8. The highest BCUT2D eigenvalue weighted by Crippen LogP contribution is 2.71. The molecule has 0 radical (unpaired) electrons. The molecule has 234 valence electrons. The highest BCUT2D eigenvalue weighted by Gasteiger charge is 2.76. The zero-order valence-corrected chi connectivity index (χ0v) is 25.3. The molecule has 3 fully saturated rings. The Kier molecular flexibility index (Phi) is 6.86. The molecule has 12 heteroatoms. The molecule has 0 saturated heterocycles. The minimum atomic E-state index is -2.04. The number of rotatable bonds is 5. The molecule has 8 atom stereocenters. The number of allylic oxidation sites excluding steroid dienone is 1. The maximum atomic E-state index is 18.1. The van der Waals surface area contributed by atoms with Crippen LogP contribution in [0.25, 0.3) is 11.8 Å². The van der Waals surface area contributed by atoms with E-state index in [4.69, 9.17) is 9.47 Å². The fourth-order valence-corrected chi connectivity index (χ4v) is 9.91. The largest absolute Gasteiger partial charge is 0.481 e. The zero-order valence-electron chi connectivity index (χ0n) is 24.5. The third kappa shape index (κ3) is 3.88.